The van der Waals surface area contributed by atoms with Crippen LogP contribution in [0, 0.1) is 0 Å². The van der Waals surface area contributed by atoms with Crippen LogP contribution in [0.25, 0.3) is 22.2 Å². The Morgan fingerprint density at radius 3 is 2.44 bits per heavy atom. The molecule has 2 N–H and O–H groups in total. The molecule has 9 heteroatoms. The van der Waals surface area contributed by atoms with E-state index in [1.807, 2.05) is 48.5 Å². The number of urea groups is 1. The third kappa shape index (κ3) is 5.90. The van der Waals surface area contributed by atoms with Crippen LogP contribution in [0.3, 0.4) is 0 Å². The van der Waals surface area contributed by atoms with Gasteiger partial charge in [0.05, 0.1) is 21.3 Å². The lowest BCUT2D eigenvalue weighted by Gasteiger charge is -2.25. The second-order valence-electron chi connectivity index (χ2n) is 9.51. The number of likely N-dealkylation sites (tertiary alicyclic amines) is 1. The third-order valence-corrected chi connectivity index (χ3v) is 7.50. The molecule has 1 aliphatic heterocycles. The van der Waals surface area contributed by atoms with E-state index in [1.165, 1.54) is 4.90 Å². The number of fused-ring (bicyclic) bond motifs is 1. The summed E-state index contributed by atoms with van der Waals surface area (Å²) >= 11 is 12.7. The van der Waals surface area contributed by atoms with Gasteiger partial charge in [0.15, 0.2) is 0 Å². The number of amides is 3. The van der Waals surface area contributed by atoms with Crippen molar-refractivity contribution in [2.45, 2.75) is 37.8 Å². The summed E-state index contributed by atoms with van der Waals surface area (Å²) < 4.78 is 0. The van der Waals surface area contributed by atoms with Crippen molar-refractivity contribution in [2.75, 3.05) is 0 Å². The molecule has 0 spiro atoms. The van der Waals surface area contributed by atoms with Crippen LogP contribution < -0.4 is 5.32 Å². The molecule has 2 atom stereocenters. The van der Waals surface area contributed by atoms with Crippen molar-refractivity contribution in [1.82, 2.24) is 15.2 Å². The molecule has 2 heterocycles. The van der Waals surface area contributed by atoms with Crippen molar-refractivity contribution in [3.63, 3.8) is 0 Å². The first-order valence-corrected chi connectivity index (χ1v) is 13.3. The molecule has 7 nitrogen and oxygen atoms in total. The number of pyridine rings is 1. The minimum atomic E-state index is -1.21. The number of nitrogens with zero attached hydrogens (tertiary/aromatic N) is 2. The molecule has 1 saturated heterocycles. The van der Waals surface area contributed by atoms with Gasteiger partial charge in [0, 0.05) is 29.8 Å². The van der Waals surface area contributed by atoms with E-state index in [-0.39, 0.29) is 24.8 Å². The van der Waals surface area contributed by atoms with Gasteiger partial charge >= 0.3 is 12.0 Å². The molecular formula is C30H25Cl2N3O4. The van der Waals surface area contributed by atoms with Gasteiger partial charge in [-0.2, -0.15) is 0 Å². The highest BCUT2D eigenvalue weighted by Gasteiger charge is 2.37. The number of nitrogens with one attached hydrogen (secondary N) is 1. The van der Waals surface area contributed by atoms with E-state index in [9.17, 15) is 19.5 Å². The number of imide groups is 1. The van der Waals surface area contributed by atoms with Crippen molar-refractivity contribution in [3.8, 4) is 11.3 Å². The number of hydrogen-bond donors (Lipinski definition) is 2. The molecular weight excluding hydrogens is 537 g/mol. The molecule has 3 amide bonds. The molecule has 0 saturated carbocycles. The van der Waals surface area contributed by atoms with E-state index in [1.54, 1.807) is 30.3 Å². The molecule has 0 bridgehead atoms. The number of carboxylic acids is 1. The van der Waals surface area contributed by atoms with Crippen molar-refractivity contribution < 1.29 is 19.5 Å². The van der Waals surface area contributed by atoms with Crippen molar-refractivity contribution in [3.05, 3.63) is 100 Å². The van der Waals surface area contributed by atoms with Gasteiger partial charge in [0.2, 0.25) is 5.91 Å². The summed E-state index contributed by atoms with van der Waals surface area (Å²) in [6.45, 7) is 0. The molecule has 1 fully saturated rings. The molecule has 3 aromatic carbocycles. The average Bonchev–Trinajstić information content (AvgIpc) is 3.28. The zero-order valence-electron chi connectivity index (χ0n) is 20.8. The Balaban J connectivity index is 1.32. The first kappa shape index (κ1) is 26.7. The fourth-order valence-electron chi connectivity index (χ4n) is 4.94. The van der Waals surface area contributed by atoms with E-state index in [2.05, 4.69) is 10.3 Å². The molecule has 5 rings (SSSR count). The number of carbonyl (C=O) groups is 3. The minimum absolute atomic E-state index is 0.0422. The smallest absolute Gasteiger partial charge is 0.326 e. The first-order valence-electron chi connectivity index (χ1n) is 12.5. The summed E-state index contributed by atoms with van der Waals surface area (Å²) in [5.41, 5.74) is 3.67. The van der Waals surface area contributed by atoms with Gasteiger partial charge in [-0.05, 0) is 54.3 Å². The SMILES string of the molecule is O=C(O)[C@H](Cc1ccc2nc(-c3c(Cl)cccc3Cl)ccc2c1)NC(=O)N1C(=O)CC[C@H]1Cc1ccccc1. The maximum Gasteiger partial charge on any atom is 0.326 e. The standard InChI is InChI=1S/C30H25Cl2N3O4/c31-22-7-4-8-23(32)28(22)25-13-10-20-15-19(9-12-24(20)33-25)17-26(29(37)38)34-30(39)35-21(11-14-27(35)36)16-18-5-2-1-3-6-18/h1-10,12-13,15,21,26H,11,14,16-17H2,(H,34,39)(H,37,38)/t21-,26-/m0/s1. The summed E-state index contributed by atoms with van der Waals surface area (Å²) in [4.78, 5) is 43.6. The summed E-state index contributed by atoms with van der Waals surface area (Å²) in [7, 11) is 0. The topological polar surface area (TPSA) is 99.6 Å². The third-order valence-electron chi connectivity index (χ3n) is 6.87. The second-order valence-corrected chi connectivity index (χ2v) is 10.3. The van der Waals surface area contributed by atoms with Crippen molar-refractivity contribution >= 4 is 52.0 Å². The molecule has 4 aromatic rings. The lowest BCUT2D eigenvalue weighted by Crippen LogP contribution is -2.52. The van der Waals surface area contributed by atoms with Gasteiger partial charge in [0.1, 0.15) is 6.04 Å². The first-order chi connectivity index (χ1) is 18.8. The van der Waals surface area contributed by atoms with E-state index in [4.69, 9.17) is 23.2 Å². The molecule has 0 radical (unpaired) electrons. The molecule has 0 aliphatic carbocycles. The number of rotatable bonds is 7. The van der Waals surface area contributed by atoms with E-state index < -0.39 is 18.0 Å². The molecule has 0 unspecified atom stereocenters. The summed E-state index contributed by atoms with van der Waals surface area (Å²) in [5.74, 6) is -1.49. The maximum atomic E-state index is 13.1. The molecule has 39 heavy (non-hydrogen) atoms. The van der Waals surface area contributed by atoms with Crippen LogP contribution in [0.2, 0.25) is 10.0 Å². The Morgan fingerprint density at radius 1 is 0.974 bits per heavy atom. The van der Waals surface area contributed by atoms with Gasteiger partial charge < -0.3 is 10.4 Å². The number of aliphatic carboxylic acids is 1. The largest absolute Gasteiger partial charge is 0.480 e. The molecule has 198 valence electrons. The van der Waals surface area contributed by atoms with Crippen LogP contribution in [-0.2, 0) is 22.4 Å². The lowest BCUT2D eigenvalue weighted by molar-refractivity contribution is -0.139. The zero-order valence-corrected chi connectivity index (χ0v) is 22.3. The Kier molecular flexibility index (Phi) is 7.82. The van der Waals surface area contributed by atoms with Crippen LogP contribution in [-0.4, -0.2) is 45.0 Å². The van der Waals surface area contributed by atoms with Crippen LogP contribution in [0.1, 0.15) is 24.0 Å². The molecule has 1 aliphatic rings. The summed E-state index contributed by atoms with van der Waals surface area (Å²) in [6, 6.07) is 21.7. The number of carbonyl (C=O) groups excluding carboxylic acids is 2. The van der Waals surface area contributed by atoms with Crippen molar-refractivity contribution in [1.29, 1.82) is 0 Å². The predicted octanol–water partition coefficient (Wildman–Crippen LogP) is 6.15. The van der Waals surface area contributed by atoms with Gasteiger partial charge in [-0.1, -0.05) is 71.7 Å². The maximum absolute atomic E-state index is 13.1. The quantitative estimate of drug-likeness (QED) is 0.282. The van der Waals surface area contributed by atoms with Crippen LogP contribution in [0.5, 0.6) is 0 Å². The Morgan fingerprint density at radius 2 is 1.72 bits per heavy atom. The number of aromatic nitrogens is 1. The van der Waals surface area contributed by atoms with E-state index >= 15 is 0 Å². The summed E-state index contributed by atoms with van der Waals surface area (Å²) in [5, 5.41) is 14.2. The van der Waals surface area contributed by atoms with Gasteiger partial charge in [0.25, 0.3) is 0 Å². The van der Waals surface area contributed by atoms with E-state index in [0.29, 0.717) is 45.2 Å². The van der Waals surface area contributed by atoms with Gasteiger partial charge in [-0.25, -0.2) is 14.6 Å². The zero-order chi connectivity index (χ0) is 27.5. The highest BCUT2D eigenvalue weighted by molar-refractivity contribution is 6.39. The summed E-state index contributed by atoms with van der Waals surface area (Å²) in [6.07, 6.45) is 1.36. The fraction of sp³-hybridized carbons (Fsp3) is 0.200. The van der Waals surface area contributed by atoms with Crippen LogP contribution in [0.15, 0.2) is 78.9 Å². The average molecular weight is 562 g/mol. The number of hydrogen-bond acceptors (Lipinski definition) is 4. The minimum Gasteiger partial charge on any atom is -0.480 e. The Labute approximate surface area is 235 Å². The number of halogens is 2. The monoisotopic (exact) mass is 561 g/mol. The van der Waals surface area contributed by atoms with Gasteiger partial charge in [-0.15, -0.1) is 0 Å². The predicted molar refractivity (Wildman–Crippen MR) is 151 cm³/mol. The fourth-order valence-corrected chi connectivity index (χ4v) is 5.53. The molecule has 1 aromatic heterocycles. The van der Waals surface area contributed by atoms with Crippen LogP contribution in [0.4, 0.5) is 4.79 Å². The lowest BCUT2D eigenvalue weighted by atomic mass is 10.0. The highest BCUT2D eigenvalue weighted by Crippen LogP contribution is 2.34. The number of benzene rings is 3. The normalized spacial score (nSPS) is 15.9. The van der Waals surface area contributed by atoms with Gasteiger partial charge in [-0.3, -0.25) is 9.69 Å². The second kappa shape index (κ2) is 11.4. The van der Waals surface area contributed by atoms with Crippen LogP contribution >= 0.6 is 23.2 Å². The number of carboxylic acid groups (broad SMARTS) is 1. The Bertz CT molecular complexity index is 1540. The Hall–Kier alpha value is -3.94. The van der Waals surface area contributed by atoms with Crippen molar-refractivity contribution in [2.24, 2.45) is 0 Å². The highest BCUT2D eigenvalue weighted by atomic mass is 35.5. The van der Waals surface area contributed by atoms with E-state index in [0.717, 1.165) is 10.9 Å².